The summed E-state index contributed by atoms with van der Waals surface area (Å²) in [7, 11) is 1.41. The van der Waals surface area contributed by atoms with Gasteiger partial charge in [0.05, 0.1) is 17.0 Å². The number of amides is 4. The van der Waals surface area contributed by atoms with E-state index in [4.69, 9.17) is 36.6 Å². The second-order valence-corrected chi connectivity index (χ2v) is 17.0. The maximum absolute atomic E-state index is 14.7. The van der Waals surface area contributed by atoms with Crippen LogP contribution in [0.25, 0.3) is 22.5 Å². The first-order valence-corrected chi connectivity index (χ1v) is 21.5. The molecule has 2 aliphatic rings. The number of nitrogens with one attached hydrogen (secondary N) is 3. The van der Waals surface area contributed by atoms with Crippen LogP contribution in [0, 0.1) is 13.8 Å². The van der Waals surface area contributed by atoms with Crippen LogP contribution >= 0.6 is 0 Å². The number of likely N-dealkylation sites (N-methyl/N-ethyl adjacent to an activating group) is 1. The second-order valence-electron chi connectivity index (χ2n) is 17.0. The Morgan fingerprint density at radius 2 is 1.53 bits per heavy atom. The van der Waals surface area contributed by atoms with Gasteiger partial charge in [-0.2, -0.15) is 0 Å². The van der Waals surface area contributed by atoms with Crippen molar-refractivity contribution < 1.29 is 38.6 Å². The van der Waals surface area contributed by atoms with Crippen LogP contribution in [0.4, 0.5) is 0 Å². The number of fused-ring (bicyclic) bond motifs is 6. The maximum atomic E-state index is 14.7. The summed E-state index contributed by atoms with van der Waals surface area (Å²) in [5, 5.41) is 18.2. The van der Waals surface area contributed by atoms with E-state index < -0.39 is 53.8 Å². The molecule has 4 atom stereocenters. The molecule has 1 aromatic heterocycles. The van der Waals surface area contributed by atoms with E-state index >= 15 is 0 Å². The van der Waals surface area contributed by atoms with E-state index in [9.17, 15) is 29.1 Å². The van der Waals surface area contributed by atoms with Crippen molar-refractivity contribution in [2.45, 2.75) is 89.9 Å². The number of aryl methyl sites for hydroxylation is 3. The molecule has 2 heterocycles. The number of benzene rings is 3. The van der Waals surface area contributed by atoms with Crippen molar-refractivity contribution >= 4 is 29.6 Å². The van der Waals surface area contributed by atoms with Crippen molar-refractivity contribution in [2.75, 3.05) is 39.9 Å². The zero-order valence-electron chi connectivity index (χ0n) is 37.2. The number of ether oxygens (including phenoxy) is 2. The summed E-state index contributed by atoms with van der Waals surface area (Å²) in [6, 6.07) is 11.1. The van der Waals surface area contributed by atoms with Crippen molar-refractivity contribution in [3.8, 4) is 34.0 Å². The molecule has 17 heteroatoms. The fraction of sp³-hybridized carbons (Fsp3) is 0.426. The van der Waals surface area contributed by atoms with Gasteiger partial charge in [-0.25, -0.2) is 14.8 Å². The lowest BCUT2D eigenvalue weighted by atomic mass is 9.86. The monoisotopic (exact) mass is 877 g/mol. The van der Waals surface area contributed by atoms with Crippen molar-refractivity contribution in [3.05, 3.63) is 93.8 Å². The molecule has 0 saturated heterocycles. The van der Waals surface area contributed by atoms with E-state index in [2.05, 4.69) is 41.9 Å². The quantitative estimate of drug-likeness (QED) is 0.0962. The maximum Gasteiger partial charge on any atom is 0.326 e. The lowest BCUT2D eigenvalue weighted by Crippen LogP contribution is -2.55. The number of rotatable bonds is 14. The lowest BCUT2D eigenvalue weighted by Gasteiger charge is -2.32. The van der Waals surface area contributed by atoms with Crippen molar-refractivity contribution in [3.63, 3.8) is 0 Å². The highest BCUT2D eigenvalue weighted by molar-refractivity contribution is 6.00. The van der Waals surface area contributed by atoms with Gasteiger partial charge >= 0.3 is 5.97 Å². The van der Waals surface area contributed by atoms with Crippen molar-refractivity contribution in [1.82, 2.24) is 30.8 Å². The molecule has 1 aliphatic carbocycles. The molecule has 1 aliphatic heterocycles. The van der Waals surface area contributed by atoms with Crippen molar-refractivity contribution in [2.24, 2.45) is 17.2 Å². The summed E-state index contributed by atoms with van der Waals surface area (Å²) in [6.45, 7) is 9.98. The molecule has 4 amide bonds. The molecule has 3 aromatic carbocycles. The predicted octanol–water partition coefficient (Wildman–Crippen LogP) is 2.60. The minimum Gasteiger partial charge on any atom is -0.492 e. The van der Waals surface area contributed by atoms with Gasteiger partial charge < -0.3 is 52.6 Å². The fourth-order valence-electron chi connectivity index (χ4n) is 8.46. The molecule has 4 bridgehead atoms. The number of carbonyl (C=O) groups is 5. The van der Waals surface area contributed by atoms with Crippen LogP contribution in [0.1, 0.15) is 83.7 Å². The third-order valence-electron chi connectivity index (χ3n) is 11.9. The average Bonchev–Trinajstić information content (AvgIpc) is 3.56. The van der Waals surface area contributed by atoms with E-state index in [-0.39, 0.29) is 56.7 Å². The molecule has 17 nitrogen and oxygen atoms in total. The van der Waals surface area contributed by atoms with Gasteiger partial charge in [0.2, 0.25) is 17.7 Å². The van der Waals surface area contributed by atoms with Crippen LogP contribution in [0.3, 0.4) is 0 Å². The van der Waals surface area contributed by atoms with Gasteiger partial charge in [0.15, 0.2) is 5.82 Å². The Hall–Kier alpha value is -6.43. The normalized spacial score (nSPS) is 18.4. The number of hydrogen-bond donors (Lipinski definition) is 7. The van der Waals surface area contributed by atoms with E-state index in [1.807, 2.05) is 6.07 Å². The number of carboxylic acid groups (broad SMARTS) is 1. The highest BCUT2D eigenvalue weighted by Crippen LogP contribution is 2.41. The number of aliphatic carboxylic acids is 1. The lowest BCUT2D eigenvalue weighted by molar-refractivity contribution is -0.143. The Morgan fingerprint density at radius 1 is 0.891 bits per heavy atom. The third kappa shape index (κ3) is 10.2. The largest absolute Gasteiger partial charge is 0.492 e. The summed E-state index contributed by atoms with van der Waals surface area (Å²) in [5.74, 6) is -2.82. The molecular weight excluding hydrogens is 819 g/mol. The smallest absolute Gasteiger partial charge is 0.326 e. The first-order chi connectivity index (χ1) is 30.5. The average molecular weight is 878 g/mol. The highest BCUT2D eigenvalue weighted by Gasteiger charge is 2.37. The minimum atomic E-state index is -1.40. The van der Waals surface area contributed by atoms with E-state index in [0.717, 1.165) is 18.4 Å². The highest BCUT2D eigenvalue weighted by atomic mass is 16.5. The number of carbonyl (C=O) groups excluding carboxylic acids is 4. The number of carboxylic acids is 1. The van der Waals surface area contributed by atoms with Gasteiger partial charge in [0.1, 0.15) is 48.9 Å². The van der Waals surface area contributed by atoms with E-state index in [1.54, 1.807) is 50.2 Å². The minimum absolute atomic E-state index is 0.00508. The molecule has 6 rings (SSSR count). The fourth-order valence-corrected chi connectivity index (χ4v) is 8.46. The number of aromatic nitrogens is 2. The topological polar surface area (TPSA) is 267 Å². The third-order valence-corrected chi connectivity index (χ3v) is 11.9. The predicted molar refractivity (Wildman–Crippen MR) is 241 cm³/mol. The molecule has 4 aromatic rings. The zero-order chi connectivity index (χ0) is 46.5. The number of nitrogens with zero attached hydrogens (tertiary/aromatic N) is 3. The Morgan fingerprint density at radius 3 is 2.16 bits per heavy atom. The SMILES string of the molecule is Cc1nc(-c2ccc3c(c2)CCC3(C)C)nc(C)c1C(=O)N[C@@H](CCN)C(=O)N(C)[C@@H]1C(=O)N[C@@H](C)C(=O)N[C@H](C(=O)O)Cc2ccc(OCCN)c(c2)-c2cc1ccc2OCCN. The molecular formula is C47H59N9O8. The summed E-state index contributed by atoms with van der Waals surface area (Å²) >= 11 is 0. The Labute approximate surface area is 372 Å². The molecule has 10 N–H and O–H groups in total. The van der Waals surface area contributed by atoms with Gasteiger partial charge in [-0.3, -0.25) is 19.2 Å². The van der Waals surface area contributed by atoms with Gasteiger partial charge in [-0.1, -0.05) is 38.1 Å². The first-order valence-electron chi connectivity index (χ1n) is 21.5. The van der Waals surface area contributed by atoms with Gasteiger partial charge in [0.25, 0.3) is 5.91 Å². The number of hydrogen-bond acceptors (Lipinski definition) is 12. The molecule has 0 fully saturated rings. The van der Waals surface area contributed by atoms with Gasteiger partial charge in [-0.15, -0.1) is 0 Å². The van der Waals surface area contributed by atoms with Crippen LogP contribution < -0.4 is 42.6 Å². The summed E-state index contributed by atoms with van der Waals surface area (Å²) in [5.41, 5.74) is 24.0. The van der Waals surface area contributed by atoms with E-state index in [1.165, 1.54) is 30.0 Å². The van der Waals surface area contributed by atoms with E-state index in [0.29, 0.717) is 51.0 Å². The van der Waals surface area contributed by atoms with Gasteiger partial charge in [0, 0.05) is 43.2 Å². The molecule has 0 saturated carbocycles. The zero-order valence-corrected chi connectivity index (χ0v) is 37.2. The Kier molecular flexibility index (Phi) is 14.7. The molecule has 0 radical (unpaired) electrons. The molecule has 340 valence electrons. The van der Waals surface area contributed by atoms with Crippen molar-refractivity contribution in [1.29, 1.82) is 0 Å². The van der Waals surface area contributed by atoms with Crippen LogP contribution in [-0.2, 0) is 37.4 Å². The molecule has 0 unspecified atom stereocenters. The van der Waals surface area contributed by atoms with Gasteiger partial charge in [-0.05, 0) is 105 Å². The number of nitrogens with two attached hydrogens (primary N) is 3. The second kappa shape index (κ2) is 20.0. The summed E-state index contributed by atoms with van der Waals surface area (Å²) in [4.78, 5) is 79.8. The Bertz CT molecular complexity index is 2420. The Balaban J connectivity index is 1.38. The standard InChI is InChI=1S/C47H59N9O8/c1-25-39(26(2)52-41(51-25)31-8-10-34-29(23-31)13-15-47(34,4)5)43(58)54-35(14-16-48)45(60)56(6)40-30-9-12-38(64-20-18-50)33(24-30)32-21-28(7-11-37(32)63-19-17-49)22-36(46(61)62)55-42(57)27(3)53-44(40)59/h7-12,21,23-24,27,35-36,40H,13-20,22,48-50H2,1-6H3,(H,53,59)(H,54,58)(H,55,57)(H,61,62)/t27-,35-,36-,40-/m0/s1. The first kappa shape index (κ1) is 47.1. The summed E-state index contributed by atoms with van der Waals surface area (Å²) in [6.07, 6.45) is 1.92. The van der Waals surface area contributed by atoms with Crippen LogP contribution in [0.15, 0.2) is 54.6 Å². The summed E-state index contributed by atoms with van der Waals surface area (Å²) < 4.78 is 12.1. The van der Waals surface area contributed by atoms with Crippen LogP contribution in [0.2, 0.25) is 0 Å². The molecule has 64 heavy (non-hydrogen) atoms. The molecule has 0 spiro atoms. The van der Waals surface area contributed by atoms with Crippen LogP contribution in [-0.4, -0.2) is 108 Å². The van der Waals surface area contributed by atoms with Crippen LogP contribution in [0.5, 0.6) is 11.5 Å².